The van der Waals surface area contributed by atoms with E-state index in [1.165, 1.54) is 12.1 Å². The van der Waals surface area contributed by atoms with Crippen LogP contribution < -0.4 is 10.1 Å². The highest BCUT2D eigenvalue weighted by Crippen LogP contribution is 2.39. The Bertz CT molecular complexity index is 1190. The minimum Gasteiger partial charge on any atom is -0.478 e. The zero-order chi connectivity index (χ0) is 27.6. The first-order chi connectivity index (χ1) is 18.8. The minimum absolute atomic E-state index is 0.109. The van der Waals surface area contributed by atoms with Gasteiger partial charge >= 0.3 is 5.97 Å². The van der Waals surface area contributed by atoms with Crippen LogP contribution in [0.4, 0.5) is 0 Å². The molecule has 0 bridgehead atoms. The Kier molecular flexibility index (Phi) is 7.91. The second kappa shape index (κ2) is 11.4. The van der Waals surface area contributed by atoms with Crippen molar-refractivity contribution in [2.75, 3.05) is 19.6 Å². The number of aliphatic hydroxyl groups is 1. The van der Waals surface area contributed by atoms with Crippen molar-refractivity contribution in [3.63, 3.8) is 0 Å². The molecule has 2 amide bonds. The van der Waals surface area contributed by atoms with Crippen molar-refractivity contribution < 1.29 is 29.3 Å². The van der Waals surface area contributed by atoms with Crippen molar-refractivity contribution in [3.05, 3.63) is 59.7 Å². The fourth-order valence-corrected chi connectivity index (χ4v) is 5.72. The summed E-state index contributed by atoms with van der Waals surface area (Å²) < 4.78 is 5.84. The summed E-state index contributed by atoms with van der Waals surface area (Å²) in [4.78, 5) is 42.1. The van der Waals surface area contributed by atoms with Gasteiger partial charge in [-0.15, -0.1) is 0 Å². The molecule has 1 aliphatic carbocycles. The van der Waals surface area contributed by atoms with Gasteiger partial charge in [0, 0.05) is 26.2 Å². The van der Waals surface area contributed by atoms with Crippen LogP contribution in [0.25, 0.3) is 0 Å². The van der Waals surface area contributed by atoms with Crippen LogP contribution in [-0.2, 0) is 16.1 Å². The number of rotatable bonds is 10. The molecule has 2 aromatic carbocycles. The number of likely N-dealkylation sites (tertiary alicyclic amines) is 1. The fraction of sp³-hybridized carbons (Fsp3) is 0.500. The lowest BCUT2D eigenvalue weighted by atomic mass is 9.80. The van der Waals surface area contributed by atoms with E-state index in [9.17, 15) is 19.5 Å². The maximum Gasteiger partial charge on any atom is 0.335 e. The third-order valence-corrected chi connectivity index (χ3v) is 8.29. The van der Waals surface area contributed by atoms with Crippen molar-refractivity contribution >= 4 is 17.8 Å². The summed E-state index contributed by atoms with van der Waals surface area (Å²) >= 11 is 0. The van der Waals surface area contributed by atoms with Crippen molar-refractivity contribution in [1.82, 2.24) is 15.1 Å². The van der Waals surface area contributed by atoms with Gasteiger partial charge in [0.1, 0.15) is 23.1 Å². The van der Waals surface area contributed by atoms with E-state index in [4.69, 9.17) is 9.84 Å². The molecule has 0 aromatic heterocycles. The van der Waals surface area contributed by atoms with Gasteiger partial charge in [0.05, 0.1) is 11.7 Å². The van der Waals surface area contributed by atoms with E-state index in [1.807, 2.05) is 24.3 Å². The fourth-order valence-electron chi connectivity index (χ4n) is 5.72. The standard InChI is InChI=1S/C30H37N3O6/c1-2-3-16-33-27(35)25(26(34)21-6-7-21)31-29(38)30(33)14-17-32(18-15-30)19-20-4-10-23(11-5-20)39-24-12-8-22(9-13-24)28(36)37/h4-5,8-13,21,25-26,34H,2-3,6-7,14-19H2,1H3,(H,31,38)(H,36,37)/t25-,26-/m1/s1. The van der Waals surface area contributed by atoms with E-state index in [2.05, 4.69) is 17.1 Å². The molecule has 0 unspecified atom stereocenters. The summed E-state index contributed by atoms with van der Waals surface area (Å²) in [6.45, 7) is 4.71. The Balaban J connectivity index is 1.20. The topological polar surface area (TPSA) is 119 Å². The van der Waals surface area contributed by atoms with Gasteiger partial charge in [0.2, 0.25) is 11.8 Å². The molecular formula is C30H37N3O6. The Morgan fingerprint density at radius 1 is 1.05 bits per heavy atom. The van der Waals surface area contributed by atoms with Gasteiger partial charge in [-0.05, 0) is 80.0 Å². The monoisotopic (exact) mass is 535 g/mol. The first-order valence-corrected chi connectivity index (χ1v) is 13.9. The number of piperazine rings is 1. The van der Waals surface area contributed by atoms with E-state index in [1.54, 1.807) is 17.0 Å². The normalized spacial score (nSPS) is 22.0. The first kappa shape index (κ1) is 27.1. The SMILES string of the molecule is CCCCN1C(=O)[C@@H]([C@H](O)C2CC2)NC(=O)C12CCN(Cc1ccc(Oc3ccc(C(=O)O)cc3)cc1)CC2. The lowest BCUT2D eigenvalue weighted by Gasteiger charge is -2.52. The van der Waals surface area contributed by atoms with E-state index in [-0.39, 0.29) is 23.3 Å². The van der Waals surface area contributed by atoms with E-state index < -0.39 is 23.7 Å². The third kappa shape index (κ3) is 5.79. The second-order valence-electron chi connectivity index (χ2n) is 11.0. The minimum atomic E-state index is -0.976. The molecule has 9 nitrogen and oxygen atoms in total. The van der Waals surface area contributed by atoms with Gasteiger partial charge in [-0.1, -0.05) is 25.5 Å². The highest BCUT2D eigenvalue weighted by Gasteiger charge is 2.55. The highest BCUT2D eigenvalue weighted by atomic mass is 16.5. The number of ether oxygens (including phenoxy) is 1. The summed E-state index contributed by atoms with van der Waals surface area (Å²) in [6.07, 6.45) is 3.89. The Hall–Kier alpha value is -3.43. The number of nitrogens with one attached hydrogen (secondary N) is 1. The molecule has 3 fully saturated rings. The number of aromatic carboxylic acids is 1. The van der Waals surface area contributed by atoms with Gasteiger partial charge in [0.25, 0.3) is 0 Å². The van der Waals surface area contributed by atoms with Crippen molar-refractivity contribution in [1.29, 1.82) is 0 Å². The number of carbonyl (C=O) groups is 3. The molecule has 5 rings (SSSR count). The number of carbonyl (C=O) groups excluding carboxylic acids is 2. The van der Waals surface area contributed by atoms with Crippen LogP contribution in [0.2, 0.25) is 0 Å². The predicted octanol–water partition coefficient (Wildman–Crippen LogP) is 3.41. The third-order valence-electron chi connectivity index (χ3n) is 8.29. The number of benzene rings is 2. The maximum atomic E-state index is 13.5. The molecule has 2 saturated heterocycles. The molecule has 2 aromatic rings. The Labute approximate surface area is 228 Å². The van der Waals surface area contributed by atoms with Crippen LogP contribution >= 0.6 is 0 Å². The number of hydrogen-bond acceptors (Lipinski definition) is 6. The molecule has 208 valence electrons. The van der Waals surface area contributed by atoms with Gasteiger partial charge in [-0.3, -0.25) is 14.5 Å². The Morgan fingerprint density at radius 3 is 2.23 bits per heavy atom. The van der Waals surface area contributed by atoms with Gasteiger partial charge in [0.15, 0.2) is 0 Å². The van der Waals surface area contributed by atoms with Gasteiger partial charge in [-0.25, -0.2) is 4.79 Å². The number of carboxylic acid groups (broad SMARTS) is 1. The van der Waals surface area contributed by atoms with Crippen LogP contribution in [0.15, 0.2) is 48.5 Å². The molecular weight excluding hydrogens is 498 g/mol. The average Bonchev–Trinajstić information content (AvgIpc) is 3.79. The molecule has 2 atom stereocenters. The summed E-state index contributed by atoms with van der Waals surface area (Å²) in [6, 6.07) is 13.2. The van der Waals surface area contributed by atoms with Crippen molar-refractivity contribution in [2.24, 2.45) is 5.92 Å². The molecule has 3 N–H and O–H groups in total. The number of amides is 2. The van der Waals surface area contributed by atoms with Crippen molar-refractivity contribution in [3.8, 4) is 11.5 Å². The summed E-state index contributed by atoms with van der Waals surface area (Å²) in [7, 11) is 0. The highest BCUT2D eigenvalue weighted by molar-refractivity contribution is 6.00. The number of hydrogen-bond donors (Lipinski definition) is 3. The Morgan fingerprint density at radius 2 is 1.67 bits per heavy atom. The molecule has 3 aliphatic rings. The van der Waals surface area contributed by atoms with E-state index >= 15 is 0 Å². The van der Waals surface area contributed by atoms with Gasteiger partial charge < -0.3 is 25.2 Å². The number of aliphatic hydroxyl groups excluding tert-OH is 1. The number of nitrogens with zero attached hydrogens (tertiary/aromatic N) is 2. The first-order valence-electron chi connectivity index (χ1n) is 13.9. The maximum absolute atomic E-state index is 13.5. The number of unbranched alkanes of at least 4 members (excludes halogenated alkanes) is 1. The number of carboxylic acids is 1. The lowest BCUT2D eigenvalue weighted by molar-refractivity contribution is -0.165. The van der Waals surface area contributed by atoms with Crippen LogP contribution in [0.5, 0.6) is 11.5 Å². The molecule has 1 spiro atoms. The van der Waals surface area contributed by atoms with Crippen LogP contribution in [-0.4, -0.2) is 75.1 Å². The largest absolute Gasteiger partial charge is 0.478 e. The lowest BCUT2D eigenvalue weighted by Crippen LogP contribution is -2.74. The zero-order valence-corrected chi connectivity index (χ0v) is 22.3. The quantitative estimate of drug-likeness (QED) is 0.427. The second-order valence-corrected chi connectivity index (χ2v) is 11.0. The van der Waals surface area contributed by atoms with Crippen LogP contribution in [0.3, 0.4) is 0 Å². The molecule has 39 heavy (non-hydrogen) atoms. The predicted molar refractivity (Wildman–Crippen MR) is 144 cm³/mol. The summed E-state index contributed by atoms with van der Waals surface area (Å²) in [5.74, 6) is 0.0951. The molecule has 2 heterocycles. The molecule has 2 aliphatic heterocycles. The summed E-state index contributed by atoms with van der Waals surface area (Å²) in [5, 5.41) is 22.6. The molecule has 9 heteroatoms. The summed E-state index contributed by atoms with van der Waals surface area (Å²) in [5.41, 5.74) is 0.468. The van der Waals surface area contributed by atoms with E-state index in [0.29, 0.717) is 44.0 Å². The van der Waals surface area contributed by atoms with Gasteiger partial charge in [-0.2, -0.15) is 0 Å². The van der Waals surface area contributed by atoms with Crippen LogP contribution in [0.1, 0.15) is 61.4 Å². The van der Waals surface area contributed by atoms with Crippen LogP contribution in [0, 0.1) is 5.92 Å². The van der Waals surface area contributed by atoms with Crippen molar-refractivity contribution in [2.45, 2.75) is 69.7 Å². The number of piperidine rings is 1. The molecule has 0 radical (unpaired) electrons. The molecule has 1 saturated carbocycles. The zero-order valence-electron chi connectivity index (χ0n) is 22.3. The average molecular weight is 536 g/mol. The van der Waals surface area contributed by atoms with E-state index in [0.717, 1.165) is 37.8 Å². The smallest absolute Gasteiger partial charge is 0.335 e.